The van der Waals surface area contributed by atoms with Crippen LogP contribution in [0, 0.1) is 11.3 Å². The lowest BCUT2D eigenvalue weighted by atomic mass is 9.59. The van der Waals surface area contributed by atoms with Crippen molar-refractivity contribution in [2.45, 2.75) is 77.6 Å². The van der Waals surface area contributed by atoms with Gasteiger partial charge in [0.25, 0.3) is 0 Å². The minimum atomic E-state index is 0.815. The third kappa shape index (κ3) is 2.32. The number of hydrogen-bond donors (Lipinski definition) is 0. The lowest BCUT2D eigenvalue weighted by Gasteiger charge is -2.46. The monoisotopic (exact) mass is 193 g/mol. The van der Waals surface area contributed by atoms with Crippen molar-refractivity contribution in [2.75, 3.05) is 0 Å². The Bertz CT molecular complexity index is 149. The third-order valence-electron chi connectivity index (χ3n) is 4.59. The van der Waals surface area contributed by atoms with Crippen molar-refractivity contribution in [1.82, 2.24) is 0 Å². The molecule has 0 saturated heterocycles. The zero-order valence-corrected chi connectivity index (χ0v) is 9.78. The molecule has 2 bridgehead atoms. The Morgan fingerprint density at radius 1 is 0.929 bits per heavy atom. The van der Waals surface area contributed by atoms with Gasteiger partial charge in [0.1, 0.15) is 0 Å². The van der Waals surface area contributed by atoms with Crippen molar-refractivity contribution < 1.29 is 0 Å². The minimum Gasteiger partial charge on any atom is -0.0654 e. The van der Waals surface area contributed by atoms with Gasteiger partial charge < -0.3 is 0 Å². The summed E-state index contributed by atoms with van der Waals surface area (Å²) in [5, 5.41) is 0. The molecule has 81 valence electrons. The van der Waals surface area contributed by atoms with Gasteiger partial charge >= 0.3 is 0 Å². The highest BCUT2D eigenvalue weighted by molar-refractivity contribution is 5.05. The molecule has 3 aliphatic rings. The molecule has 3 saturated carbocycles. The average molecular weight is 193 g/mol. The standard InChI is InChI=1S/C14H25/c1-2-3-4-5-9-14-10-6-13(7-11-14)8-12-14/h2-12H2,1H3. The summed E-state index contributed by atoms with van der Waals surface area (Å²) >= 11 is 0. The molecule has 3 fully saturated rings. The summed E-state index contributed by atoms with van der Waals surface area (Å²) in [6.45, 7) is 2.31. The van der Waals surface area contributed by atoms with E-state index in [1.165, 1.54) is 64.2 Å². The second-order valence-corrected chi connectivity index (χ2v) is 5.56. The second-order valence-electron chi connectivity index (χ2n) is 5.56. The van der Waals surface area contributed by atoms with Crippen LogP contribution in [0.4, 0.5) is 0 Å². The van der Waals surface area contributed by atoms with Crippen molar-refractivity contribution in [1.29, 1.82) is 0 Å². The van der Waals surface area contributed by atoms with Crippen molar-refractivity contribution in [3.8, 4) is 0 Å². The Balaban J connectivity index is 1.72. The number of unbranched alkanes of at least 4 members (excludes halogenated alkanes) is 3. The van der Waals surface area contributed by atoms with Gasteiger partial charge in [0.15, 0.2) is 0 Å². The maximum absolute atomic E-state index is 2.31. The van der Waals surface area contributed by atoms with Crippen LogP contribution in [0.15, 0.2) is 0 Å². The summed E-state index contributed by atoms with van der Waals surface area (Å²) in [6, 6.07) is 0. The third-order valence-corrected chi connectivity index (χ3v) is 4.59. The molecule has 14 heavy (non-hydrogen) atoms. The first-order valence-electron chi connectivity index (χ1n) is 6.68. The molecular formula is C14H25. The van der Waals surface area contributed by atoms with E-state index in [9.17, 15) is 0 Å². The summed E-state index contributed by atoms with van der Waals surface area (Å²) < 4.78 is 0. The molecule has 3 rings (SSSR count). The molecule has 0 spiro atoms. The van der Waals surface area contributed by atoms with E-state index in [0.29, 0.717) is 0 Å². The summed E-state index contributed by atoms with van der Waals surface area (Å²) in [6.07, 6.45) is 16.4. The van der Waals surface area contributed by atoms with Gasteiger partial charge in [-0.3, -0.25) is 0 Å². The zero-order valence-electron chi connectivity index (χ0n) is 9.78. The molecule has 0 heterocycles. The van der Waals surface area contributed by atoms with Gasteiger partial charge in [-0.1, -0.05) is 32.6 Å². The minimum absolute atomic E-state index is 0.815. The molecule has 0 atom stereocenters. The molecular weight excluding hydrogens is 168 g/mol. The van der Waals surface area contributed by atoms with Gasteiger partial charge in [0.05, 0.1) is 0 Å². The van der Waals surface area contributed by atoms with Crippen LogP contribution in [0.1, 0.15) is 77.6 Å². The Hall–Kier alpha value is 0. The molecule has 0 aromatic rings. The van der Waals surface area contributed by atoms with E-state index >= 15 is 0 Å². The van der Waals surface area contributed by atoms with Gasteiger partial charge in [0, 0.05) is 0 Å². The van der Waals surface area contributed by atoms with Crippen molar-refractivity contribution in [2.24, 2.45) is 5.41 Å². The lowest BCUT2D eigenvalue weighted by molar-refractivity contribution is 0.116. The fourth-order valence-electron chi connectivity index (χ4n) is 3.38. The highest BCUT2D eigenvalue weighted by Crippen LogP contribution is 2.53. The smallest absolute Gasteiger partial charge is 0.0240 e. The normalized spacial score (nSPS) is 25.5. The first-order chi connectivity index (χ1) is 6.85. The first-order valence-corrected chi connectivity index (χ1v) is 6.68. The Morgan fingerprint density at radius 2 is 1.57 bits per heavy atom. The van der Waals surface area contributed by atoms with Crippen LogP contribution < -0.4 is 0 Å². The molecule has 0 nitrogen and oxygen atoms in total. The highest BCUT2D eigenvalue weighted by Gasteiger charge is 2.39. The first kappa shape index (κ1) is 10.5. The molecule has 0 aromatic carbocycles. The van der Waals surface area contributed by atoms with Gasteiger partial charge in [-0.15, -0.1) is 0 Å². The average Bonchev–Trinajstić information content (AvgIpc) is 2.27. The van der Waals surface area contributed by atoms with Gasteiger partial charge in [-0.2, -0.15) is 0 Å². The largest absolute Gasteiger partial charge is 0.0654 e. The molecule has 0 heteroatoms. The molecule has 0 aromatic heterocycles. The fraction of sp³-hybridized carbons (Fsp3) is 0.929. The number of fused-ring (bicyclic) bond motifs is 3. The molecule has 0 N–H and O–H groups in total. The van der Waals surface area contributed by atoms with E-state index in [4.69, 9.17) is 0 Å². The Kier molecular flexibility index (Phi) is 3.52. The lowest BCUT2D eigenvalue weighted by Crippen LogP contribution is -2.32. The van der Waals surface area contributed by atoms with E-state index in [-0.39, 0.29) is 0 Å². The Labute approximate surface area is 89.5 Å². The van der Waals surface area contributed by atoms with Crippen molar-refractivity contribution in [3.63, 3.8) is 0 Å². The van der Waals surface area contributed by atoms with Crippen LogP contribution >= 0.6 is 0 Å². The predicted molar refractivity (Wildman–Crippen MR) is 62.1 cm³/mol. The van der Waals surface area contributed by atoms with Gasteiger partial charge in [-0.05, 0) is 56.3 Å². The summed E-state index contributed by atoms with van der Waals surface area (Å²) in [4.78, 5) is 0. The number of hydrogen-bond acceptors (Lipinski definition) is 0. The van der Waals surface area contributed by atoms with Crippen molar-refractivity contribution >= 4 is 0 Å². The predicted octanol–water partition coefficient (Wildman–Crippen LogP) is 4.89. The SMILES string of the molecule is CCCCCCC12CC[C](CC1)CC2. The molecule has 1 radical (unpaired) electrons. The van der Waals surface area contributed by atoms with Crippen LogP contribution in [-0.4, -0.2) is 0 Å². The van der Waals surface area contributed by atoms with Gasteiger partial charge in [-0.25, -0.2) is 0 Å². The number of rotatable bonds is 5. The highest BCUT2D eigenvalue weighted by atomic mass is 14.4. The molecule has 0 amide bonds. The van der Waals surface area contributed by atoms with E-state index in [1.54, 1.807) is 6.42 Å². The quantitative estimate of drug-likeness (QED) is 0.546. The van der Waals surface area contributed by atoms with E-state index < -0.39 is 0 Å². The van der Waals surface area contributed by atoms with Crippen LogP contribution in [0.5, 0.6) is 0 Å². The zero-order chi connectivity index (χ0) is 9.86. The topological polar surface area (TPSA) is 0 Å². The molecule has 0 unspecified atom stereocenters. The molecule has 3 aliphatic carbocycles. The fourth-order valence-corrected chi connectivity index (χ4v) is 3.38. The van der Waals surface area contributed by atoms with Crippen LogP contribution in [0.3, 0.4) is 0 Å². The summed E-state index contributed by atoms with van der Waals surface area (Å²) in [5.41, 5.74) is 0.815. The van der Waals surface area contributed by atoms with Crippen molar-refractivity contribution in [3.05, 3.63) is 5.92 Å². The van der Waals surface area contributed by atoms with E-state index in [1.807, 2.05) is 5.92 Å². The van der Waals surface area contributed by atoms with Crippen LogP contribution in [0.2, 0.25) is 0 Å². The second kappa shape index (κ2) is 4.68. The summed E-state index contributed by atoms with van der Waals surface area (Å²) in [5.74, 6) is 1.89. The van der Waals surface area contributed by atoms with Gasteiger partial charge in [0.2, 0.25) is 0 Å². The molecule has 0 aliphatic heterocycles. The van der Waals surface area contributed by atoms with Crippen LogP contribution in [0.25, 0.3) is 0 Å². The maximum Gasteiger partial charge on any atom is -0.0240 e. The van der Waals surface area contributed by atoms with E-state index in [2.05, 4.69) is 6.92 Å². The summed E-state index contributed by atoms with van der Waals surface area (Å²) in [7, 11) is 0. The van der Waals surface area contributed by atoms with Crippen LogP contribution in [-0.2, 0) is 0 Å². The maximum atomic E-state index is 2.31. The van der Waals surface area contributed by atoms with E-state index in [0.717, 1.165) is 5.41 Å². The Morgan fingerprint density at radius 3 is 2.14 bits per heavy atom.